The summed E-state index contributed by atoms with van der Waals surface area (Å²) in [5.74, 6) is -1.16. The first-order valence-electron chi connectivity index (χ1n) is 10.0. The van der Waals surface area contributed by atoms with Gasteiger partial charge in [0, 0.05) is 5.56 Å². The molecule has 0 aromatic heterocycles. The van der Waals surface area contributed by atoms with Crippen LogP contribution in [0.3, 0.4) is 0 Å². The average molecular weight is 409 g/mol. The standard InChI is InChI=1S/C27H30O2.Na/c1-26(2,3)20-14-10-18(11-15-20)22-8-7-9-23(25(28)29)24(22)19-12-16-21(17-13-19)27(4,5)6;/h7-17H,1-6H3,(H,28,29);/q;+1/p-1. The molecule has 0 aliphatic rings. The van der Waals surface area contributed by atoms with Gasteiger partial charge in [0.1, 0.15) is 0 Å². The van der Waals surface area contributed by atoms with Crippen LogP contribution in [0.15, 0.2) is 66.7 Å². The van der Waals surface area contributed by atoms with E-state index in [1.807, 2.05) is 18.2 Å². The molecule has 0 aliphatic carbocycles. The molecule has 0 N–H and O–H groups in total. The number of hydrogen-bond donors (Lipinski definition) is 0. The molecule has 0 unspecified atom stereocenters. The number of rotatable bonds is 3. The van der Waals surface area contributed by atoms with Crippen molar-refractivity contribution in [2.45, 2.75) is 52.4 Å². The van der Waals surface area contributed by atoms with Gasteiger partial charge in [0.05, 0.1) is 5.97 Å². The summed E-state index contributed by atoms with van der Waals surface area (Å²) < 4.78 is 0. The molecular weight excluding hydrogens is 379 g/mol. The van der Waals surface area contributed by atoms with Gasteiger partial charge in [-0.05, 0) is 44.2 Å². The van der Waals surface area contributed by atoms with Gasteiger partial charge in [0.15, 0.2) is 0 Å². The zero-order valence-corrected chi connectivity index (χ0v) is 21.2. The van der Waals surface area contributed by atoms with Crippen LogP contribution in [0, 0.1) is 0 Å². The molecule has 0 saturated heterocycles. The van der Waals surface area contributed by atoms with Crippen LogP contribution in [0.5, 0.6) is 0 Å². The number of benzene rings is 3. The van der Waals surface area contributed by atoms with Crippen molar-refractivity contribution < 1.29 is 39.5 Å². The molecule has 3 rings (SSSR count). The SMILES string of the molecule is CC(C)(C)c1ccc(-c2cccc(C(=O)[O-])c2-c2ccc(C(C)(C)C)cc2)cc1.[Na+]. The fraction of sp³-hybridized carbons (Fsp3) is 0.296. The maximum absolute atomic E-state index is 11.9. The van der Waals surface area contributed by atoms with Crippen LogP contribution in [0.2, 0.25) is 0 Å². The summed E-state index contributed by atoms with van der Waals surface area (Å²) >= 11 is 0. The van der Waals surface area contributed by atoms with E-state index in [9.17, 15) is 9.90 Å². The summed E-state index contributed by atoms with van der Waals surface area (Å²) in [7, 11) is 0. The van der Waals surface area contributed by atoms with E-state index in [0.29, 0.717) is 5.56 Å². The van der Waals surface area contributed by atoms with E-state index >= 15 is 0 Å². The molecule has 0 heterocycles. The Labute approximate surface area is 202 Å². The second-order valence-corrected chi connectivity index (χ2v) is 9.67. The van der Waals surface area contributed by atoms with Gasteiger partial charge in [-0.1, -0.05) is 108 Å². The molecule has 2 nitrogen and oxygen atoms in total. The number of carbonyl (C=O) groups excluding carboxylic acids is 1. The van der Waals surface area contributed by atoms with E-state index in [1.165, 1.54) is 11.1 Å². The van der Waals surface area contributed by atoms with Crippen molar-refractivity contribution in [3.05, 3.63) is 83.4 Å². The predicted octanol–water partition coefficient (Wildman–Crippen LogP) is 2.98. The Kier molecular flexibility index (Phi) is 7.40. The van der Waals surface area contributed by atoms with E-state index < -0.39 is 5.97 Å². The van der Waals surface area contributed by atoms with Crippen LogP contribution >= 0.6 is 0 Å². The molecule has 30 heavy (non-hydrogen) atoms. The van der Waals surface area contributed by atoms with E-state index in [-0.39, 0.29) is 46.0 Å². The zero-order valence-electron chi connectivity index (χ0n) is 19.2. The average Bonchev–Trinajstić information content (AvgIpc) is 2.66. The number of hydrogen-bond acceptors (Lipinski definition) is 2. The monoisotopic (exact) mass is 408 g/mol. The Hall–Kier alpha value is -1.87. The second-order valence-electron chi connectivity index (χ2n) is 9.67. The largest absolute Gasteiger partial charge is 1.00 e. The van der Waals surface area contributed by atoms with Gasteiger partial charge in [0.25, 0.3) is 0 Å². The molecule has 0 aliphatic heterocycles. The quantitative estimate of drug-likeness (QED) is 0.625. The third-order valence-electron chi connectivity index (χ3n) is 5.39. The molecule has 0 atom stereocenters. The van der Waals surface area contributed by atoms with E-state index in [1.54, 1.807) is 12.1 Å². The summed E-state index contributed by atoms with van der Waals surface area (Å²) in [6, 6.07) is 21.9. The van der Waals surface area contributed by atoms with Gasteiger partial charge < -0.3 is 9.90 Å². The smallest absolute Gasteiger partial charge is 0.545 e. The summed E-state index contributed by atoms with van der Waals surface area (Å²) in [6.45, 7) is 13.0. The van der Waals surface area contributed by atoms with Crippen molar-refractivity contribution in [2.24, 2.45) is 0 Å². The van der Waals surface area contributed by atoms with Crippen LogP contribution in [0.25, 0.3) is 22.3 Å². The van der Waals surface area contributed by atoms with Gasteiger partial charge in [-0.15, -0.1) is 0 Å². The summed E-state index contributed by atoms with van der Waals surface area (Å²) in [4.78, 5) is 11.9. The Morgan fingerprint density at radius 3 is 1.50 bits per heavy atom. The molecule has 3 aromatic carbocycles. The first kappa shape index (κ1) is 24.4. The van der Waals surface area contributed by atoms with Gasteiger partial charge in [0.2, 0.25) is 0 Å². The zero-order chi connectivity index (χ0) is 21.4. The molecule has 3 aromatic rings. The van der Waals surface area contributed by atoms with Crippen molar-refractivity contribution >= 4 is 5.97 Å². The fourth-order valence-electron chi connectivity index (χ4n) is 3.56. The van der Waals surface area contributed by atoms with Crippen LogP contribution in [-0.4, -0.2) is 5.97 Å². The fourth-order valence-corrected chi connectivity index (χ4v) is 3.56. The molecular formula is C27H29NaO2. The van der Waals surface area contributed by atoms with Gasteiger partial charge >= 0.3 is 29.6 Å². The third kappa shape index (κ3) is 5.24. The van der Waals surface area contributed by atoms with Crippen LogP contribution in [0.4, 0.5) is 0 Å². The minimum Gasteiger partial charge on any atom is -0.545 e. The third-order valence-corrected chi connectivity index (χ3v) is 5.39. The summed E-state index contributed by atoms with van der Waals surface area (Å²) in [5.41, 5.74) is 6.26. The Balaban J connectivity index is 0.00000320. The first-order valence-corrected chi connectivity index (χ1v) is 10.0. The van der Waals surface area contributed by atoms with Gasteiger partial charge in [-0.25, -0.2) is 0 Å². The Morgan fingerprint density at radius 2 is 1.10 bits per heavy atom. The molecule has 0 bridgehead atoms. The second kappa shape index (κ2) is 9.09. The topological polar surface area (TPSA) is 40.1 Å². The summed E-state index contributed by atoms with van der Waals surface area (Å²) in [5, 5.41) is 11.9. The van der Waals surface area contributed by atoms with E-state index in [2.05, 4.69) is 77.9 Å². The number of carboxylic acid groups (broad SMARTS) is 1. The molecule has 0 saturated carbocycles. The minimum atomic E-state index is -1.16. The number of aromatic carboxylic acids is 1. The normalized spacial score (nSPS) is 11.7. The molecule has 3 heteroatoms. The number of carbonyl (C=O) groups is 1. The van der Waals surface area contributed by atoms with Crippen molar-refractivity contribution in [3.8, 4) is 22.3 Å². The minimum absolute atomic E-state index is 0. The Bertz CT molecular complexity index is 1020. The van der Waals surface area contributed by atoms with Crippen LogP contribution < -0.4 is 34.7 Å². The van der Waals surface area contributed by atoms with Crippen molar-refractivity contribution in [3.63, 3.8) is 0 Å². The maximum atomic E-state index is 11.9. The molecule has 0 radical (unpaired) electrons. The van der Waals surface area contributed by atoms with E-state index in [4.69, 9.17) is 0 Å². The first-order chi connectivity index (χ1) is 13.5. The van der Waals surface area contributed by atoms with Crippen LogP contribution in [0.1, 0.15) is 63.0 Å². The molecule has 0 spiro atoms. The van der Waals surface area contributed by atoms with Crippen molar-refractivity contribution in [1.29, 1.82) is 0 Å². The molecule has 0 fully saturated rings. The Morgan fingerprint density at radius 1 is 0.667 bits per heavy atom. The van der Waals surface area contributed by atoms with E-state index in [0.717, 1.165) is 16.7 Å². The maximum Gasteiger partial charge on any atom is 1.00 e. The van der Waals surface area contributed by atoms with Crippen LogP contribution in [-0.2, 0) is 10.8 Å². The van der Waals surface area contributed by atoms with Gasteiger partial charge in [-0.3, -0.25) is 0 Å². The van der Waals surface area contributed by atoms with Gasteiger partial charge in [-0.2, -0.15) is 0 Å². The molecule has 150 valence electrons. The summed E-state index contributed by atoms with van der Waals surface area (Å²) in [6.07, 6.45) is 0. The molecule has 0 amide bonds. The predicted molar refractivity (Wildman–Crippen MR) is 119 cm³/mol. The van der Waals surface area contributed by atoms with Crippen molar-refractivity contribution in [2.75, 3.05) is 0 Å². The number of carboxylic acids is 1. The van der Waals surface area contributed by atoms with Crippen molar-refractivity contribution in [1.82, 2.24) is 0 Å².